The maximum Gasteiger partial charge on any atom is 0.248 e. The Morgan fingerprint density at radius 3 is 2.48 bits per heavy atom. The summed E-state index contributed by atoms with van der Waals surface area (Å²) in [5.74, 6) is 0.0960. The van der Waals surface area contributed by atoms with E-state index < -0.39 is 11.8 Å². The summed E-state index contributed by atoms with van der Waals surface area (Å²) >= 11 is 0. The molecule has 0 aromatic heterocycles. The van der Waals surface area contributed by atoms with E-state index in [0.717, 1.165) is 32.1 Å². The zero-order chi connectivity index (χ0) is 16.3. The predicted molar refractivity (Wildman–Crippen MR) is 84.7 cm³/mol. The third kappa shape index (κ3) is 3.24. The van der Waals surface area contributed by atoms with Gasteiger partial charge in [-0.25, -0.2) is 0 Å². The van der Waals surface area contributed by atoms with Crippen molar-refractivity contribution >= 4 is 11.8 Å². The highest BCUT2D eigenvalue weighted by molar-refractivity contribution is 5.89. The first-order chi connectivity index (χ1) is 11.2. The molecular weight excluding hydrogens is 296 g/mol. The number of carbonyl (C=O) groups excluding carboxylic acids is 2. The smallest absolute Gasteiger partial charge is 0.248 e. The minimum Gasteiger partial charge on any atom is -0.378 e. The highest BCUT2D eigenvalue weighted by atomic mass is 16.5. The van der Waals surface area contributed by atoms with Gasteiger partial charge in [-0.3, -0.25) is 14.5 Å². The number of carbonyl (C=O) groups is 2. The zero-order valence-electron chi connectivity index (χ0n) is 14.1. The molecule has 3 rings (SSSR count). The Hall–Kier alpha value is -1.14. The van der Waals surface area contributed by atoms with Crippen LogP contribution < -0.4 is 0 Å². The van der Waals surface area contributed by atoms with Gasteiger partial charge >= 0.3 is 0 Å². The first kappa shape index (κ1) is 16.7. The van der Waals surface area contributed by atoms with Crippen molar-refractivity contribution in [2.45, 2.75) is 63.6 Å². The summed E-state index contributed by atoms with van der Waals surface area (Å²) < 4.78 is 11.4. The molecule has 1 spiro atoms. The Morgan fingerprint density at radius 2 is 1.83 bits per heavy atom. The molecule has 1 saturated carbocycles. The SMILES string of the molecule is CCCC(=O)N1C(C(=O)N2CCOCC2)COC12CCCCC2. The molecule has 1 unspecified atom stereocenters. The highest BCUT2D eigenvalue weighted by Gasteiger charge is 2.53. The van der Waals surface area contributed by atoms with Crippen molar-refractivity contribution in [3.63, 3.8) is 0 Å². The molecule has 3 aliphatic rings. The fourth-order valence-electron chi connectivity index (χ4n) is 4.06. The Morgan fingerprint density at radius 1 is 1.13 bits per heavy atom. The summed E-state index contributed by atoms with van der Waals surface area (Å²) in [6.07, 6.45) is 6.30. The van der Waals surface area contributed by atoms with Gasteiger partial charge < -0.3 is 14.4 Å². The number of nitrogens with zero attached hydrogens (tertiary/aromatic N) is 2. The molecule has 23 heavy (non-hydrogen) atoms. The molecule has 2 aliphatic heterocycles. The van der Waals surface area contributed by atoms with Gasteiger partial charge in [0.2, 0.25) is 11.8 Å². The quantitative estimate of drug-likeness (QED) is 0.790. The number of ether oxygens (including phenoxy) is 2. The van der Waals surface area contributed by atoms with Gasteiger partial charge in [0.05, 0.1) is 19.8 Å². The van der Waals surface area contributed by atoms with Gasteiger partial charge in [-0.2, -0.15) is 0 Å². The van der Waals surface area contributed by atoms with Crippen LogP contribution in [0.5, 0.6) is 0 Å². The van der Waals surface area contributed by atoms with Crippen molar-refractivity contribution in [1.29, 1.82) is 0 Å². The largest absolute Gasteiger partial charge is 0.378 e. The van der Waals surface area contributed by atoms with Crippen LogP contribution in [0.25, 0.3) is 0 Å². The summed E-state index contributed by atoms with van der Waals surface area (Å²) in [6, 6.07) is -0.453. The van der Waals surface area contributed by atoms with E-state index in [2.05, 4.69) is 0 Å². The van der Waals surface area contributed by atoms with E-state index in [4.69, 9.17) is 9.47 Å². The maximum absolute atomic E-state index is 12.9. The molecule has 0 aromatic rings. The molecule has 1 aliphatic carbocycles. The van der Waals surface area contributed by atoms with Crippen molar-refractivity contribution in [1.82, 2.24) is 9.80 Å². The van der Waals surface area contributed by atoms with E-state index in [9.17, 15) is 9.59 Å². The lowest BCUT2D eigenvalue weighted by Gasteiger charge is -2.42. The summed E-state index contributed by atoms with van der Waals surface area (Å²) in [5, 5.41) is 0. The van der Waals surface area contributed by atoms with Crippen molar-refractivity contribution < 1.29 is 19.1 Å². The van der Waals surface area contributed by atoms with E-state index in [1.807, 2.05) is 16.7 Å². The predicted octanol–water partition coefficient (Wildman–Crippen LogP) is 1.53. The first-order valence-electron chi connectivity index (χ1n) is 9.00. The highest BCUT2D eigenvalue weighted by Crippen LogP contribution is 2.41. The second-order valence-electron chi connectivity index (χ2n) is 6.79. The van der Waals surface area contributed by atoms with Crippen LogP contribution in [0.1, 0.15) is 51.9 Å². The molecule has 0 N–H and O–H groups in total. The maximum atomic E-state index is 12.9. The van der Waals surface area contributed by atoms with Crippen molar-refractivity contribution in [2.24, 2.45) is 0 Å². The minimum absolute atomic E-state index is 0.0280. The molecule has 2 heterocycles. The first-order valence-corrected chi connectivity index (χ1v) is 9.00. The summed E-state index contributed by atoms with van der Waals surface area (Å²) in [5.41, 5.74) is -0.531. The van der Waals surface area contributed by atoms with E-state index in [1.54, 1.807) is 0 Å². The van der Waals surface area contributed by atoms with Crippen LogP contribution in [0.2, 0.25) is 0 Å². The van der Waals surface area contributed by atoms with Gasteiger partial charge in [-0.05, 0) is 32.1 Å². The Labute approximate surface area is 138 Å². The second kappa shape index (κ2) is 7.18. The Bertz CT molecular complexity index is 442. The molecular formula is C17H28N2O4. The lowest BCUT2D eigenvalue weighted by molar-refractivity contribution is -0.162. The molecule has 0 bridgehead atoms. The fraction of sp³-hybridized carbons (Fsp3) is 0.882. The minimum atomic E-state index is -0.531. The van der Waals surface area contributed by atoms with E-state index >= 15 is 0 Å². The summed E-state index contributed by atoms with van der Waals surface area (Å²) in [4.78, 5) is 29.3. The van der Waals surface area contributed by atoms with E-state index in [-0.39, 0.29) is 11.8 Å². The number of morpholine rings is 1. The number of rotatable bonds is 3. The Kier molecular flexibility index (Phi) is 5.21. The van der Waals surface area contributed by atoms with Gasteiger partial charge in [0, 0.05) is 19.5 Å². The third-order valence-corrected chi connectivity index (χ3v) is 5.24. The van der Waals surface area contributed by atoms with E-state index in [0.29, 0.717) is 39.3 Å². The molecule has 0 radical (unpaired) electrons. The van der Waals surface area contributed by atoms with Crippen LogP contribution in [0.3, 0.4) is 0 Å². The summed E-state index contributed by atoms with van der Waals surface area (Å²) in [7, 11) is 0. The van der Waals surface area contributed by atoms with Crippen LogP contribution in [-0.2, 0) is 19.1 Å². The average Bonchev–Trinajstić information content (AvgIpc) is 2.94. The van der Waals surface area contributed by atoms with Gasteiger partial charge in [0.25, 0.3) is 0 Å². The van der Waals surface area contributed by atoms with Crippen LogP contribution in [0.15, 0.2) is 0 Å². The van der Waals surface area contributed by atoms with E-state index in [1.165, 1.54) is 6.42 Å². The lowest BCUT2D eigenvalue weighted by Crippen LogP contribution is -2.58. The zero-order valence-corrected chi connectivity index (χ0v) is 14.1. The molecule has 6 nitrogen and oxygen atoms in total. The van der Waals surface area contributed by atoms with Crippen molar-refractivity contribution in [3.05, 3.63) is 0 Å². The molecule has 1 atom stereocenters. The van der Waals surface area contributed by atoms with Gasteiger partial charge in [-0.15, -0.1) is 0 Å². The average molecular weight is 324 g/mol. The molecule has 2 saturated heterocycles. The molecule has 130 valence electrons. The molecule has 6 heteroatoms. The number of amides is 2. The van der Waals surface area contributed by atoms with Crippen LogP contribution in [0.4, 0.5) is 0 Å². The normalized spacial score (nSPS) is 27.4. The fourth-order valence-corrected chi connectivity index (χ4v) is 4.06. The molecule has 0 aromatic carbocycles. The van der Waals surface area contributed by atoms with Gasteiger partial charge in [-0.1, -0.05) is 13.3 Å². The lowest BCUT2D eigenvalue weighted by atomic mass is 9.89. The molecule has 3 fully saturated rings. The number of hydrogen-bond acceptors (Lipinski definition) is 4. The Balaban J connectivity index is 1.80. The van der Waals surface area contributed by atoms with Crippen molar-refractivity contribution in [2.75, 3.05) is 32.9 Å². The van der Waals surface area contributed by atoms with Gasteiger partial charge in [0.1, 0.15) is 11.8 Å². The monoisotopic (exact) mass is 324 g/mol. The second-order valence-corrected chi connectivity index (χ2v) is 6.79. The summed E-state index contributed by atoms with van der Waals surface area (Å²) in [6.45, 7) is 4.71. The standard InChI is InChI=1S/C17H28N2O4/c1-2-6-15(20)19-14(16(21)18-9-11-22-12-10-18)13-23-17(19)7-4-3-5-8-17/h14H,2-13H2,1H3. The van der Waals surface area contributed by atoms with Crippen LogP contribution in [0, 0.1) is 0 Å². The van der Waals surface area contributed by atoms with Crippen LogP contribution in [-0.4, -0.2) is 66.3 Å². The molecule has 2 amide bonds. The van der Waals surface area contributed by atoms with Crippen LogP contribution >= 0.6 is 0 Å². The third-order valence-electron chi connectivity index (χ3n) is 5.24. The number of hydrogen-bond donors (Lipinski definition) is 0. The van der Waals surface area contributed by atoms with Crippen molar-refractivity contribution in [3.8, 4) is 0 Å². The topological polar surface area (TPSA) is 59.1 Å². The van der Waals surface area contributed by atoms with Gasteiger partial charge in [0.15, 0.2) is 0 Å².